The molecular weight excluding hydrogens is 296 g/mol. The molecule has 6 heteroatoms. The zero-order valence-electron chi connectivity index (χ0n) is 14.5. The lowest BCUT2D eigenvalue weighted by Crippen LogP contribution is -2.50. The summed E-state index contributed by atoms with van der Waals surface area (Å²) in [6.07, 6.45) is 4.01. The Morgan fingerprint density at radius 3 is 2.09 bits per heavy atom. The minimum atomic E-state index is -0.694. The fourth-order valence-corrected chi connectivity index (χ4v) is 3.89. The van der Waals surface area contributed by atoms with Gasteiger partial charge in [0.2, 0.25) is 0 Å². The largest absolute Gasteiger partial charge is 0.481 e. The van der Waals surface area contributed by atoms with E-state index in [9.17, 15) is 14.7 Å². The van der Waals surface area contributed by atoms with Crippen LogP contribution >= 0.6 is 0 Å². The van der Waals surface area contributed by atoms with Crippen molar-refractivity contribution in [2.45, 2.75) is 70.9 Å². The van der Waals surface area contributed by atoms with Gasteiger partial charge in [-0.15, -0.1) is 0 Å². The Morgan fingerprint density at radius 2 is 1.65 bits per heavy atom. The predicted octanol–water partition coefficient (Wildman–Crippen LogP) is 2.61. The van der Waals surface area contributed by atoms with Gasteiger partial charge in [0.25, 0.3) is 0 Å². The molecule has 0 unspecified atom stereocenters. The molecule has 1 saturated heterocycles. The molecule has 132 valence electrons. The van der Waals surface area contributed by atoms with Crippen LogP contribution in [0.2, 0.25) is 0 Å². The Labute approximate surface area is 138 Å². The number of aliphatic carboxylic acids is 1. The Hall–Kier alpha value is -1.30. The summed E-state index contributed by atoms with van der Waals surface area (Å²) in [5.41, 5.74) is 4.78. The molecule has 0 aromatic carbocycles. The van der Waals surface area contributed by atoms with Crippen molar-refractivity contribution < 1.29 is 19.4 Å². The highest BCUT2D eigenvalue weighted by molar-refractivity contribution is 5.75. The SMILES string of the molecule is CC(C)(C)OC(=O)N1CCC(C2(C(=O)O)CCC(N)CC2)CC1. The van der Waals surface area contributed by atoms with Crippen molar-refractivity contribution in [1.29, 1.82) is 0 Å². The average molecular weight is 326 g/mol. The molecule has 0 radical (unpaired) electrons. The van der Waals surface area contributed by atoms with Gasteiger partial charge in [0.1, 0.15) is 5.60 Å². The summed E-state index contributed by atoms with van der Waals surface area (Å²) >= 11 is 0. The van der Waals surface area contributed by atoms with Crippen LogP contribution in [0.1, 0.15) is 59.3 Å². The van der Waals surface area contributed by atoms with E-state index in [0.717, 1.165) is 25.7 Å². The van der Waals surface area contributed by atoms with Gasteiger partial charge in [-0.3, -0.25) is 4.79 Å². The minimum absolute atomic E-state index is 0.117. The molecule has 0 aromatic heterocycles. The number of carboxylic acid groups (broad SMARTS) is 1. The summed E-state index contributed by atoms with van der Waals surface area (Å²) in [5, 5.41) is 9.81. The molecule has 1 aliphatic carbocycles. The molecule has 2 aliphatic rings. The maximum atomic E-state index is 12.1. The Bertz CT molecular complexity index is 442. The summed E-state index contributed by atoms with van der Waals surface area (Å²) in [6, 6.07) is 0.129. The Balaban J connectivity index is 1.97. The van der Waals surface area contributed by atoms with Crippen molar-refractivity contribution in [1.82, 2.24) is 4.90 Å². The Morgan fingerprint density at radius 1 is 1.13 bits per heavy atom. The van der Waals surface area contributed by atoms with Gasteiger partial charge < -0.3 is 20.5 Å². The number of carbonyl (C=O) groups is 2. The first-order valence-electron chi connectivity index (χ1n) is 8.61. The van der Waals surface area contributed by atoms with Crippen molar-refractivity contribution in [3.05, 3.63) is 0 Å². The second-order valence-corrected chi connectivity index (χ2v) is 8.04. The van der Waals surface area contributed by atoms with Crippen LogP contribution < -0.4 is 5.73 Å². The van der Waals surface area contributed by atoms with Gasteiger partial charge in [0.05, 0.1) is 5.41 Å². The molecule has 0 spiro atoms. The molecular formula is C17H30N2O4. The third-order valence-corrected chi connectivity index (χ3v) is 5.28. The molecule has 1 heterocycles. The van der Waals surface area contributed by atoms with E-state index in [2.05, 4.69) is 0 Å². The number of nitrogens with zero attached hydrogens (tertiary/aromatic N) is 1. The van der Waals surface area contributed by atoms with Gasteiger partial charge in [-0.05, 0) is 65.2 Å². The fourth-order valence-electron chi connectivity index (χ4n) is 3.89. The number of ether oxygens (including phenoxy) is 1. The van der Waals surface area contributed by atoms with E-state index in [-0.39, 0.29) is 18.1 Å². The average Bonchev–Trinajstić information content (AvgIpc) is 2.46. The smallest absolute Gasteiger partial charge is 0.410 e. The molecule has 2 rings (SSSR count). The maximum Gasteiger partial charge on any atom is 0.410 e. The lowest BCUT2D eigenvalue weighted by atomic mass is 9.62. The van der Waals surface area contributed by atoms with E-state index in [1.54, 1.807) is 4.90 Å². The number of rotatable bonds is 2. The van der Waals surface area contributed by atoms with Gasteiger partial charge in [0, 0.05) is 19.1 Å². The van der Waals surface area contributed by atoms with Crippen molar-refractivity contribution >= 4 is 12.1 Å². The van der Waals surface area contributed by atoms with Crippen LogP contribution in [-0.4, -0.2) is 46.8 Å². The highest BCUT2D eigenvalue weighted by atomic mass is 16.6. The van der Waals surface area contributed by atoms with E-state index >= 15 is 0 Å². The van der Waals surface area contributed by atoms with Gasteiger partial charge in [0.15, 0.2) is 0 Å². The van der Waals surface area contributed by atoms with Gasteiger partial charge >= 0.3 is 12.1 Å². The molecule has 1 saturated carbocycles. The second kappa shape index (κ2) is 6.67. The molecule has 0 atom stereocenters. The summed E-state index contributed by atoms with van der Waals surface area (Å²) in [6.45, 7) is 6.69. The molecule has 1 aliphatic heterocycles. The van der Waals surface area contributed by atoms with E-state index in [1.807, 2.05) is 20.8 Å². The standard InChI is InChI=1S/C17H30N2O4/c1-16(2,3)23-15(22)19-10-6-12(7-11-19)17(14(20)21)8-4-13(18)5-9-17/h12-13H,4-11,18H2,1-3H3,(H,20,21). The first-order chi connectivity index (χ1) is 10.6. The normalized spacial score (nSPS) is 30.1. The number of hydrogen-bond acceptors (Lipinski definition) is 4. The van der Waals surface area contributed by atoms with Crippen molar-refractivity contribution in [3.8, 4) is 0 Å². The summed E-state index contributed by atoms with van der Waals surface area (Å²) < 4.78 is 5.40. The van der Waals surface area contributed by atoms with Crippen molar-refractivity contribution in [2.24, 2.45) is 17.1 Å². The lowest BCUT2D eigenvalue weighted by molar-refractivity contribution is -0.157. The summed E-state index contributed by atoms with van der Waals surface area (Å²) in [5.74, 6) is -0.577. The molecule has 23 heavy (non-hydrogen) atoms. The van der Waals surface area contributed by atoms with E-state index in [1.165, 1.54) is 0 Å². The topological polar surface area (TPSA) is 92.9 Å². The van der Waals surface area contributed by atoms with Crippen LogP contribution in [-0.2, 0) is 9.53 Å². The van der Waals surface area contributed by atoms with Gasteiger partial charge in [-0.25, -0.2) is 4.79 Å². The number of likely N-dealkylation sites (tertiary alicyclic amines) is 1. The first kappa shape index (κ1) is 18.0. The fraction of sp³-hybridized carbons (Fsp3) is 0.882. The van der Waals surface area contributed by atoms with E-state index in [4.69, 9.17) is 10.5 Å². The molecule has 0 bridgehead atoms. The zero-order chi connectivity index (χ0) is 17.3. The van der Waals surface area contributed by atoms with E-state index in [0.29, 0.717) is 25.9 Å². The van der Waals surface area contributed by atoms with Crippen LogP contribution in [0.3, 0.4) is 0 Å². The molecule has 1 amide bonds. The third kappa shape index (κ3) is 4.16. The van der Waals surface area contributed by atoms with Crippen LogP contribution in [0.15, 0.2) is 0 Å². The van der Waals surface area contributed by atoms with E-state index < -0.39 is 17.0 Å². The lowest BCUT2D eigenvalue weighted by Gasteiger charge is -2.45. The monoisotopic (exact) mass is 326 g/mol. The van der Waals surface area contributed by atoms with Crippen LogP contribution in [0.5, 0.6) is 0 Å². The third-order valence-electron chi connectivity index (χ3n) is 5.28. The van der Waals surface area contributed by atoms with Gasteiger partial charge in [-0.2, -0.15) is 0 Å². The molecule has 2 fully saturated rings. The number of carboxylic acids is 1. The zero-order valence-corrected chi connectivity index (χ0v) is 14.5. The quantitative estimate of drug-likeness (QED) is 0.813. The second-order valence-electron chi connectivity index (χ2n) is 8.04. The number of amides is 1. The van der Waals surface area contributed by atoms with Crippen LogP contribution in [0.25, 0.3) is 0 Å². The highest BCUT2D eigenvalue weighted by Crippen LogP contribution is 2.46. The summed E-state index contributed by atoms with van der Waals surface area (Å²) in [4.78, 5) is 25.8. The first-order valence-corrected chi connectivity index (χ1v) is 8.61. The van der Waals surface area contributed by atoms with Crippen molar-refractivity contribution in [3.63, 3.8) is 0 Å². The number of piperidine rings is 1. The number of carbonyl (C=O) groups excluding carboxylic acids is 1. The molecule has 6 nitrogen and oxygen atoms in total. The van der Waals surface area contributed by atoms with Gasteiger partial charge in [-0.1, -0.05) is 0 Å². The molecule has 0 aromatic rings. The summed E-state index contributed by atoms with van der Waals surface area (Å²) in [7, 11) is 0. The molecule has 3 N–H and O–H groups in total. The van der Waals surface area contributed by atoms with Crippen LogP contribution in [0.4, 0.5) is 4.79 Å². The number of nitrogens with two attached hydrogens (primary N) is 1. The highest BCUT2D eigenvalue weighted by Gasteiger charge is 2.48. The Kier molecular flexibility index (Phi) is 5.23. The maximum absolute atomic E-state index is 12.1. The number of hydrogen-bond donors (Lipinski definition) is 2. The van der Waals surface area contributed by atoms with Crippen LogP contribution in [0, 0.1) is 11.3 Å². The predicted molar refractivity (Wildman–Crippen MR) is 87.0 cm³/mol. The minimum Gasteiger partial charge on any atom is -0.481 e. The van der Waals surface area contributed by atoms with Crippen molar-refractivity contribution in [2.75, 3.05) is 13.1 Å².